The van der Waals surface area contributed by atoms with Crippen molar-refractivity contribution in [2.75, 3.05) is 13.1 Å². The summed E-state index contributed by atoms with van der Waals surface area (Å²) in [6.07, 6.45) is 6.44. The largest absolute Gasteiger partial charge is 0.338 e. The maximum atomic E-state index is 12.6. The first kappa shape index (κ1) is 14.1. The summed E-state index contributed by atoms with van der Waals surface area (Å²) >= 11 is 0. The number of hydrogen-bond donors (Lipinski definition) is 1. The van der Waals surface area contributed by atoms with E-state index in [-0.39, 0.29) is 11.9 Å². The number of aromatic nitrogens is 2. The van der Waals surface area contributed by atoms with Crippen LogP contribution in [0.15, 0.2) is 30.6 Å². The van der Waals surface area contributed by atoms with Gasteiger partial charge >= 0.3 is 0 Å². The Balaban J connectivity index is 1.75. The molecule has 0 spiro atoms. The Bertz CT molecular complexity index is 603. The van der Waals surface area contributed by atoms with E-state index in [9.17, 15) is 4.79 Å². The van der Waals surface area contributed by atoms with E-state index in [4.69, 9.17) is 5.73 Å². The lowest BCUT2D eigenvalue weighted by Gasteiger charge is -2.39. The fourth-order valence-electron chi connectivity index (χ4n) is 3.25. The first-order valence-corrected chi connectivity index (χ1v) is 7.61. The van der Waals surface area contributed by atoms with E-state index in [1.807, 2.05) is 39.9 Å². The monoisotopic (exact) mass is 286 g/mol. The number of imidazole rings is 1. The average Bonchev–Trinajstić information content (AvgIpc) is 2.89. The zero-order chi connectivity index (χ0) is 14.8. The lowest BCUT2D eigenvalue weighted by molar-refractivity contribution is -0.135. The van der Waals surface area contributed by atoms with Crippen LogP contribution in [0, 0.1) is 5.92 Å². The molecule has 0 unspecified atom stereocenters. The van der Waals surface area contributed by atoms with Crippen LogP contribution < -0.4 is 5.73 Å². The average molecular weight is 286 g/mol. The molecule has 1 amide bonds. The van der Waals surface area contributed by atoms with Gasteiger partial charge in [-0.2, -0.15) is 0 Å². The van der Waals surface area contributed by atoms with Crippen LogP contribution in [0.2, 0.25) is 0 Å². The van der Waals surface area contributed by atoms with Crippen molar-refractivity contribution in [1.82, 2.24) is 14.3 Å². The van der Waals surface area contributed by atoms with Gasteiger partial charge in [-0.15, -0.1) is 0 Å². The molecule has 2 aromatic rings. The number of piperidine rings is 1. The van der Waals surface area contributed by atoms with Gasteiger partial charge in [-0.1, -0.05) is 13.0 Å². The molecule has 2 aromatic heterocycles. The third-order valence-electron chi connectivity index (χ3n) is 4.42. The maximum Gasteiger partial charge on any atom is 0.228 e. The number of likely N-dealkylation sites (tertiary alicyclic amines) is 1. The third kappa shape index (κ3) is 2.78. The van der Waals surface area contributed by atoms with Crippen LogP contribution in [-0.4, -0.2) is 39.3 Å². The van der Waals surface area contributed by atoms with Gasteiger partial charge in [0.1, 0.15) is 5.65 Å². The van der Waals surface area contributed by atoms with Crippen LogP contribution in [0.3, 0.4) is 0 Å². The molecule has 0 aromatic carbocycles. The summed E-state index contributed by atoms with van der Waals surface area (Å²) < 4.78 is 1.95. The molecule has 0 aliphatic carbocycles. The molecule has 0 radical (unpaired) electrons. The van der Waals surface area contributed by atoms with E-state index in [1.54, 1.807) is 0 Å². The second-order valence-electron chi connectivity index (χ2n) is 5.88. The van der Waals surface area contributed by atoms with Gasteiger partial charge in [0.15, 0.2) is 0 Å². The molecule has 1 fully saturated rings. The van der Waals surface area contributed by atoms with Crippen molar-refractivity contribution < 1.29 is 4.79 Å². The Kier molecular flexibility index (Phi) is 3.92. The standard InChI is InChI=1S/C16H22N4O/c1-12-5-4-8-20(14(12)10-17)16(21)9-13-11-19-7-3-2-6-15(19)18-13/h2-3,6-7,11-12,14H,4-5,8-10,17H2,1H3/t12-,14+/m1/s1. The minimum Gasteiger partial charge on any atom is -0.338 e. The van der Waals surface area contributed by atoms with Gasteiger partial charge < -0.3 is 15.0 Å². The van der Waals surface area contributed by atoms with Crippen molar-refractivity contribution in [3.8, 4) is 0 Å². The summed E-state index contributed by atoms with van der Waals surface area (Å²) in [4.78, 5) is 19.0. The summed E-state index contributed by atoms with van der Waals surface area (Å²) in [5.74, 6) is 0.620. The Labute approximate surface area is 124 Å². The molecule has 2 N–H and O–H groups in total. The predicted molar refractivity (Wildman–Crippen MR) is 81.8 cm³/mol. The fraction of sp³-hybridized carbons (Fsp3) is 0.500. The summed E-state index contributed by atoms with van der Waals surface area (Å²) in [6, 6.07) is 6.02. The molecule has 0 bridgehead atoms. The van der Waals surface area contributed by atoms with Crippen LogP contribution in [0.4, 0.5) is 0 Å². The highest BCUT2D eigenvalue weighted by Crippen LogP contribution is 2.23. The van der Waals surface area contributed by atoms with Gasteiger partial charge in [-0.25, -0.2) is 4.98 Å². The molecule has 3 heterocycles. The maximum absolute atomic E-state index is 12.6. The van der Waals surface area contributed by atoms with Crippen molar-refractivity contribution in [2.24, 2.45) is 11.7 Å². The van der Waals surface area contributed by atoms with Crippen LogP contribution in [0.25, 0.3) is 5.65 Å². The number of nitrogens with two attached hydrogens (primary N) is 1. The van der Waals surface area contributed by atoms with Gasteiger partial charge in [0, 0.05) is 31.5 Å². The zero-order valence-corrected chi connectivity index (χ0v) is 12.4. The van der Waals surface area contributed by atoms with Crippen LogP contribution >= 0.6 is 0 Å². The van der Waals surface area contributed by atoms with Crippen molar-refractivity contribution in [1.29, 1.82) is 0 Å². The first-order valence-electron chi connectivity index (χ1n) is 7.61. The van der Waals surface area contributed by atoms with Crippen molar-refractivity contribution in [2.45, 2.75) is 32.2 Å². The summed E-state index contributed by atoms with van der Waals surface area (Å²) in [5.41, 5.74) is 7.56. The summed E-state index contributed by atoms with van der Waals surface area (Å²) in [6.45, 7) is 3.54. The molecular weight excluding hydrogens is 264 g/mol. The first-order chi connectivity index (χ1) is 10.2. The Hall–Kier alpha value is -1.88. The SMILES string of the molecule is C[C@@H]1CCCN(C(=O)Cc2cn3ccccc3n2)[C@H]1CN. The predicted octanol–water partition coefficient (Wildman–Crippen LogP) is 1.46. The lowest BCUT2D eigenvalue weighted by Crippen LogP contribution is -2.51. The van der Waals surface area contributed by atoms with E-state index >= 15 is 0 Å². The fourth-order valence-corrected chi connectivity index (χ4v) is 3.25. The lowest BCUT2D eigenvalue weighted by atomic mass is 9.90. The summed E-state index contributed by atoms with van der Waals surface area (Å²) in [5, 5.41) is 0. The number of amides is 1. The van der Waals surface area contributed by atoms with Crippen molar-refractivity contribution in [3.63, 3.8) is 0 Å². The quantitative estimate of drug-likeness (QED) is 0.929. The molecule has 1 aliphatic heterocycles. The highest BCUT2D eigenvalue weighted by molar-refractivity contribution is 5.79. The molecular formula is C16H22N4O. The molecule has 3 rings (SSSR count). The summed E-state index contributed by atoms with van der Waals surface area (Å²) in [7, 11) is 0. The van der Waals surface area contributed by atoms with Gasteiger partial charge in [-0.3, -0.25) is 4.79 Å². The van der Waals surface area contributed by atoms with Crippen LogP contribution in [0.5, 0.6) is 0 Å². The molecule has 5 nitrogen and oxygen atoms in total. The van der Waals surface area contributed by atoms with Crippen LogP contribution in [-0.2, 0) is 11.2 Å². The van der Waals surface area contributed by atoms with Gasteiger partial charge in [-0.05, 0) is 30.9 Å². The molecule has 1 saturated heterocycles. The van der Waals surface area contributed by atoms with E-state index in [0.717, 1.165) is 30.7 Å². The third-order valence-corrected chi connectivity index (χ3v) is 4.42. The minimum atomic E-state index is 0.139. The zero-order valence-electron chi connectivity index (χ0n) is 12.4. The number of carbonyl (C=O) groups excluding carboxylic acids is 1. The number of nitrogens with zero attached hydrogens (tertiary/aromatic N) is 3. The number of pyridine rings is 1. The van der Waals surface area contributed by atoms with Crippen molar-refractivity contribution >= 4 is 11.6 Å². The highest BCUT2D eigenvalue weighted by atomic mass is 16.2. The molecule has 0 saturated carbocycles. The minimum absolute atomic E-state index is 0.139. The Morgan fingerprint density at radius 1 is 1.48 bits per heavy atom. The van der Waals surface area contributed by atoms with Gasteiger partial charge in [0.05, 0.1) is 12.1 Å². The van der Waals surface area contributed by atoms with Crippen LogP contribution in [0.1, 0.15) is 25.5 Å². The molecule has 5 heteroatoms. The highest BCUT2D eigenvalue weighted by Gasteiger charge is 2.30. The van der Waals surface area contributed by atoms with Gasteiger partial charge in [0.2, 0.25) is 5.91 Å². The van der Waals surface area contributed by atoms with E-state index < -0.39 is 0 Å². The number of carbonyl (C=O) groups is 1. The normalized spacial score (nSPS) is 22.7. The van der Waals surface area contributed by atoms with E-state index in [1.165, 1.54) is 0 Å². The van der Waals surface area contributed by atoms with E-state index in [0.29, 0.717) is 18.9 Å². The molecule has 21 heavy (non-hydrogen) atoms. The second-order valence-corrected chi connectivity index (χ2v) is 5.88. The molecule has 1 aliphatic rings. The molecule has 2 atom stereocenters. The van der Waals surface area contributed by atoms with Gasteiger partial charge in [0.25, 0.3) is 0 Å². The smallest absolute Gasteiger partial charge is 0.228 e. The van der Waals surface area contributed by atoms with Crippen molar-refractivity contribution in [3.05, 3.63) is 36.3 Å². The van der Waals surface area contributed by atoms with E-state index in [2.05, 4.69) is 11.9 Å². The Morgan fingerprint density at radius 2 is 2.33 bits per heavy atom. The number of fused-ring (bicyclic) bond motifs is 1. The second kappa shape index (κ2) is 5.85. The topological polar surface area (TPSA) is 63.6 Å². The Morgan fingerprint density at radius 3 is 3.10 bits per heavy atom. The number of hydrogen-bond acceptors (Lipinski definition) is 3. The number of rotatable bonds is 3. The molecule has 112 valence electrons.